The van der Waals surface area contributed by atoms with Crippen molar-refractivity contribution in [3.05, 3.63) is 0 Å². The lowest BCUT2D eigenvalue weighted by atomic mass is 9.94. The summed E-state index contributed by atoms with van der Waals surface area (Å²) in [6.45, 7) is 2.59. The van der Waals surface area contributed by atoms with Crippen molar-refractivity contribution in [2.24, 2.45) is 0 Å². The molecule has 5 nitrogen and oxygen atoms in total. The van der Waals surface area contributed by atoms with Crippen LogP contribution in [-0.4, -0.2) is 69.4 Å². The Hall–Kier alpha value is 0.0900. The summed E-state index contributed by atoms with van der Waals surface area (Å²) in [4.78, 5) is 1.75. The molecule has 0 aliphatic carbocycles. The van der Waals surface area contributed by atoms with E-state index in [4.69, 9.17) is 5.11 Å². The van der Waals surface area contributed by atoms with Crippen LogP contribution in [0.15, 0.2) is 0 Å². The summed E-state index contributed by atoms with van der Waals surface area (Å²) in [5, 5.41) is 37.1. The Balaban J connectivity index is 0.00000169. The van der Waals surface area contributed by atoms with Crippen LogP contribution in [0.5, 0.6) is 0 Å². The van der Waals surface area contributed by atoms with Gasteiger partial charge in [-0.05, 0) is 6.54 Å². The molecule has 0 aromatic carbocycles. The maximum Gasteiger partial charge on any atom is 0.109 e. The van der Waals surface area contributed by atoms with E-state index in [-0.39, 0.29) is 19.0 Å². The molecule has 1 aliphatic heterocycles. The van der Waals surface area contributed by atoms with Crippen molar-refractivity contribution in [1.29, 1.82) is 0 Å². The van der Waals surface area contributed by atoms with Crippen molar-refractivity contribution < 1.29 is 20.4 Å². The normalized spacial score (nSPS) is 39.2. The quantitative estimate of drug-likeness (QED) is 0.447. The first-order valence-corrected chi connectivity index (χ1v) is 4.51. The van der Waals surface area contributed by atoms with Crippen LogP contribution in [-0.2, 0) is 0 Å². The van der Waals surface area contributed by atoms with E-state index in [0.717, 1.165) is 0 Å². The fourth-order valence-corrected chi connectivity index (χ4v) is 1.74. The average molecular weight is 228 g/mol. The number of aliphatic hydroxyl groups excluding tert-OH is 4. The summed E-state index contributed by atoms with van der Waals surface area (Å²) in [5.74, 6) is 0. The molecule has 0 radical (unpaired) electrons. The molecule has 0 aromatic heterocycles. The van der Waals surface area contributed by atoms with E-state index in [9.17, 15) is 15.3 Å². The Kier molecular flexibility index (Phi) is 5.88. The predicted molar refractivity (Wildman–Crippen MR) is 53.4 cm³/mol. The smallest absolute Gasteiger partial charge is 0.109 e. The van der Waals surface area contributed by atoms with Gasteiger partial charge in [0.2, 0.25) is 0 Å². The number of likely N-dealkylation sites (N-methyl/N-ethyl adjacent to an activating group) is 1. The van der Waals surface area contributed by atoms with Crippen LogP contribution in [0.2, 0.25) is 0 Å². The summed E-state index contributed by atoms with van der Waals surface area (Å²) < 4.78 is 0. The molecule has 0 unspecified atom stereocenters. The van der Waals surface area contributed by atoms with Crippen molar-refractivity contribution in [3.8, 4) is 0 Å². The number of β-amino-alcohol motifs (C(OH)–C–C–N with tert-alkyl or cyclic N) is 1. The largest absolute Gasteiger partial charge is 0.395 e. The van der Waals surface area contributed by atoms with Gasteiger partial charge in [0.1, 0.15) is 12.2 Å². The molecule has 0 aromatic rings. The van der Waals surface area contributed by atoms with Gasteiger partial charge in [0, 0.05) is 6.54 Å². The molecule has 0 saturated carbocycles. The molecule has 1 heterocycles. The maximum atomic E-state index is 9.50. The van der Waals surface area contributed by atoms with Crippen LogP contribution in [0, 0.1) is 0 Å². The molecule has 4 N–H and O–H groups in total. The molecule has 4 atom stereocenters. The first-order chi connectivity index (χ1) is 6.11. The second kappa shape index (κ2) is 5.85. The highest BCUT2D eigenvalue weighted by Crippen LogP contribution is 2.18. The predicted octanol–water partition coefficient (Wildman–Crippen LogP) is -1.81. The number of hydrogen-bond donors (Lipinski definition) is 4. The van der Waals surface area contributed by atoms with Gasteiger partial charge < -0.3 is 20.4 Å². The van der Waals surface area contributed by atoms with Crippen LogP contribution >= 0.6 is 12.4 Å². The number of aliphatic hydroxyl groups is 4. The Bertz CT molecular complexity index is 169. The van der Waals surface area contributed by atoms with Crippen molar-refractivity contribution in [1.82, 2.24) is 4.90 Å². The summed E-state index contributed by atoms with van der Waals surface area (Å²) in [6, 6.07) is -0.469. The summed E-state index contributed by atoms with van der Waals surface area (Å²) in [6.07, 6.45) is -3.16. The van der Waals surface area contributed by atoms with Crippen LogP contribution in [0.1, 0.15) is 6.92 Å². The van der Waals surface area contributed by atoms with Gasteiger partial charge in [0.05, 0.1) is 18.8 Å². The first-order valence-electron chi connectivity index (χ1n) is 4.51. The van der Waals surface area contributed by atoms with Crippen LogP contribution in [0.4, 0.5) is 0 Å². The number of hydrogen-bond acceptors (Lipinski definition) is 5. The minimum atomic E-state index is -1.15. The van der Waals surface area contributed by atoms with Gasteiger partial charge in [-0.2, -0.15) is 0 Å². The number of nitrogens with zero attached hydrogens (tertiary/aromatic N) is 1. The summed E-state index contributed by atoms with van der Waals surface area (Å²) in [7, 11) is 0. The van der Waals surface area contributed by atoms with Gasteiger partial charge in [-0.1, -0.05) is 6.92 Å². The first kappa shape index (κ1) is 14.1. The van der Waals surface area contributed by atoms with E-state index in [1.54, 1.807) is 4.90 Å². The molecular formula is C8H18ClNO4. The van der Waals surface area contributed by atoms with E-state index in [1.165, 1.54) is 0 Å². The second-order valence-corrected chi connectivity index (χ2v) is 3.39. The molecule has 0 bridgehead atoms. The van der Waals surface area contributed by atoms with Crippen LogP contribution in [0.25, 0.3) is 0 Å². The lowest BCUT2D eigenvalue weighted by molar-refractivity contribution is -0.143. The summed E-state index contributed by atoms with van der Waals surface area (Å²) >= 11 is 0. The molecule has 0 spiro atoms. The number of halogens is 1. The zero-order valence-corrected chi connectivity index (χ0v) is 8.89. The number of likely N-dealkylation sites (tertiary alicyclic amines) is 1. The van der Waals surface area contributed by atoms with Gasteiger partial charge in [0.25, 0.3) is 0 Å². The van der Waals surface area contributed by atoms with Crippen molar-refractivity contribution in [2.45, 2.75) is 31.3 Å². The molecule has 6 heteroatoms. The molecule has 14 heavy (non-hydrogen) atoms. The standard InChI is InChI=1S/C8H17NO4.ClH/c1-2-9-3-6(11)8(13)7(12)5(9)4-10;/h5-8,10-13H,2-4H2,1H3;1H/t5-,6+,7-,8-;/m1./s1. The van der Waals surface area contributed by atoms with E-state index < -0.39 is 24.4 Å². The van der Waals surface area contributed by atoms with Gasteiger partial charge >= 0.3 is 0 Å². The maximum absolute atomic E-state index is 9.50. The molecule has 1 saturated heterocycles. The van der Waals surface area contributed by atoms with Crippen molar-refractivity contribution in [2.75, 3.05) is 19.7 Å². The molecule has 0 amide bonds. The fraction of sp³-hybridized carbons (Fsp3) is 1.00. The van der Waals surface area contributed by atoms with E-state index in [0.29, 0.717) is 13.1 Å². The van der Waals surface area contributed by atoms with E-state index >= 15 is 0 Å². The second-order valence-electron chi connectivity index (χ2n) is 3.39. The van der Waals surface area contributed by atoms with Gasteiger partial charge in [-0.3, -0.25) is 4.90 Å². The minimum absolute atomic E-state index is 0. The highest BCUT2D eigenvalue weighted by molar-refractivity contribution is 5.85. The Morgan fingerprint density at radius 3 is 2.21 bits per heavy atom. The van der Waals surface area contributed by atoms with Crippen molar-refractivity contribution >= 4 is 12.4 Å². The topological polar surface area (TPSA) is 84.2 Å². The highest BCUT2D eigenvalue weighted by atomic mass is 35.5. The van der Waals surface area contributed by atoms with Gasteiger partial charge in [-0.15, -0.1) is 12.4 Å². The molecule has 1 fully saturated rings. The fourth-order valence-electron chi connectivity index (χ4n) is 1.74. The van der Waals surface area contributed by atoms with E-state index in [2.05, 4.69) is 0 Å². The zero-order chi connectivity index (χ0) is 10.0. The Morgan fingerprint density at radius 2 is 1.79 bits per heavy atom. The number of piperidine rings is 1. The number of rotatable bonds is 2. The lowest BCUT2D eigenvalue weighted by Crippen LogP contribution is -2.62. The highest BCUT2D eigenvalue weighted by Gasteiger charge is 2.40. The lowest BCUT2D eigenvalue weighted by Gasteiger charge is -2.42. The van der Waals surface area contributed by atoms with Gasteiger partial charge in [-0.25, -0.2) is 0 Å². The Morgan fingerprint density at radius 1 is 1.21 bits per heavy atom. The minimum Gasteiger partial charge on any atom is -0.395 e. The monoisotopic (exact) mass is 227 g/mol. The third-order valence-corrected chi connectivity index (χ3v) is 2.62. The third-order valence-electron chi connectivity index (χ3n) is 2.62. The molecular weight excluding hydrogens is 210 g/mol. The summed E-state index contributed by atoms with van der Waals surface area (Å²) in [5.41, 5.74) is 0. The van der Waals surface area contributed by atoms with Gasteiger partial charge in [0.15, 0.2) is 0 Å². The molecule has 1 aliphatic rings. The molecule has 1 rings (SSSR count). The SMILES string of the molecule is CCN1C[C@H](O)[C@@H](O)[C@H](O)[C@H]1CO.Cl. The zero-order valence-electron chi connectivity index (χ0n) is 8.08. The van der Waals surface area contributed by atoms with Crippen molar-refractivity contribution in [3.63, 3.8) is 0 Å². The Labute approximate surface area is 89.4 Å². The molecule has 86 valence electrons. The van der Waals surface area contributed by atoms with E-state index in [1.807, 2.05) is 6.92 Å². The average Bonchev–Trinajstić information content (AvgIpc) is 2.13. The third kappa shape index (κ3) is 2.56. The van der Waals surface area contributed by atoms with Crippen LogP contribution < -0.4 is 0 Å². The van der Waals surface area contributed by atoms with Crippen LogP contribution in [0.3, 0.4) is 0 Å².